The summed E-state index contributed by atoms with van der Waals surface area (Å²) in [6, 6.07) is 7.28. The highest BCUT2D eigenvalue weighted by Crippen LogP contribution is 2.37. The number of hydrogen-bond acceptors (Lipinski definition) is 6. The predicted octanol–water partition coefficient (Wildman–Crippen LogP) is 2.83. The van der Waals surface area contributed by atoms with E-state index in [-0.39, 0.29) is 18.1 Å². The van der Waals surface area contributed by atoms with E-state index in [0.717, 1.165) is 9.13 Å². The number of hydrogen-bond donors (Lipinski definition) is 2. The number of esters is 2. The Morgan fingerprint density at radius 2 is 2.20 bits per heavy atom. The number of H-pyrrole nitrogens is 1. The van der Waals surface area contributed by atoms with E-state index in [1.165, 1.54) is 6.20 Å². The third kappa shape index (κ3) is 3.63. The molecule has 3 rings (SSSR count). The highest BCUT2D eigenvalue weighted by atomic mass is 127. The van der Waals surface area contributed by atoms with Gasteiger partial charge in [0.1, 0.15) is 23.0 Å². The molecule has 1 aromatic carbocycles. The lowest BCUT2D eigenvalue weighted by molar-refractivity contribution is -0.148. The number of anilines is 1. The van der Waals surface area contributed by atoms with Gasteiger partial charge in [-0.15, -0.1) is 0 Å². The van der Waals surface area contributed by atoms with Crippen molar-refractivity contribution in [1.29, 1.82) is 0 Å². The van der Waals surface area contributed by atoms with Crippen LogP contribution in [0.25, 0.3) is 0 Å². The zero-order valence-electron chi connectivity index (χ0n) is 13.8. The fraction of sp³-hybridized carbons (Fsp3) is 0.353. The van der Waals surface area contributed by atoms with E-state index in [9.17, 15) is 9.59 Å². The van der Waals surface area contributed by atoms with Gasteiger partial charge < -0.3 is 14.8 Å². The van der Waals surface area contributed by atoms with Crippen molar-refractivity contribution in [2.75, 3.05) is 11.9 Å². The van der Waals surface area contributed by atoms with E-state index < -0.39 is 17.6 Å². The zero-order valence-corrected chi connectivity index (χ0v) is 16.0. The van der Waals surface area contributed by atoms with E-state index >= 15 is 0 Å². The molecule has 1 aliphatic rings. The molecule has 0 spiro atoms. The highest BCUT2D eigenvalue weighted by molar-refractivity contribution is 14.1. The first-order chi connectivity index (χ1) is 11.9. The van der Waals surface area contributed by atoms with Gasteiger partial charge in [0.25, 0.3) is 0 Å². The summed E-state index contributed by atoms with van der Waals surface area (Å²) in [5.74, 6) is -0.511. The number of rotatable bonds is 5. The SMILES string of the molecule is CCOC(=O)c1cn[nH]c1NC1CC(C)(c2ccc(I)cc2)OC1=O. The largest absolute Gasteiger partial charge is 0.462 e. The molecule has 7 nitrogen and oxygen atoms in total. The predicted molar refractivity (Wildman–Crippen MR) is 99.2 cm³/mol. The van der Waals surface area contributed by atoms with Crippen LogP contribution in [0.5, 0.6) is 0 Å². The van der Waals surface area contributed by atoms with Crippen LogP contribution in [0.2, 0.25) is 0 Å². The first kappa shape index (κ1) is 17.7. The van der Waals surface area contributed by atoms with Crippen molar-refractivity contribution in [2.24, 2.45) is 0 Å². The molecule has 0 bridgehead atoms. The van der Waals surface area contributed by atoms with Crippen LogP contribution < -0.4 is 5.32 Å². The molecule has 25 heavy (non-hydrogen) atoms. The number of aromatic nitrogens is 2. The van der Waals surface area contributed by atoms with Crippen molar-refractivity contribution in [2.45, 2.75) is 31.9 Å². The van der Waals surface area contributed by atoms with Gasteiger partial charge in [-0.05, 0) is 54.1 Å². The van der Waals surface area contributed by atoms with Gasteiger partial charge in [-0.3, -0.25) is 5.10 Å². The monoisotopic (exact) mass is 455 g/mol. The van der Waals surface area contributed by atoms with Gasteiger partial charge in [-0.2, -0.15) is 5.10 Å². The van der Waals surface area contributed by atoms with Crippen LogP contribution in [0.3, 0.4) is 0 Å². The van der Waals surface area contributed by atoms with Crippen LogP contribution in [0.1, 0.15) is 36.2 Å². The van der Waals surface area contributed by atoms with Gasteiger partial charge in [-0.1, -0.05) is 12.1 Å². The topological polar surface area (TPSA) is 93.3 Å². The summed E-state index contributed by atoms with van der Waals surface area (Å²) in [5, 5.41) is 9.57. The maximum absolute atomic E-state index is 12.3. The molecular formula is C17H18IN3O4. The van der Waals surface area contributed by atoms with Gasteiger partial charge in [0.2, 0.25) is 0 Å². The highest BCUT2D eigenvalue weighted by Gasteiger charge is 2.45. The fourth-order valence-electron chi connectivity index (χ4n) is 2.83. The third-order valence-corrected chi connectivity index (χ3v) is 4.83. The van der Waals surface area contributed by atoms with Gasteiger partial charge in [0.05, 0.1) is 12.8 Å². The molecule has 8 heteroatoms. The van der Waals surface area contributed by atoms with E-state index in [1.54, 1.807) is 6.92 Å². The molecule has 2 unspecified atom stereocenters. The average Bonchev–Trinajstić information content (AvgIpc) is 3.14. The number of nitrogens with zero attached hydrogens (tertiary/aromatic N) is 1. The van der Waals surface area contributed by atoms with Crippen molar-refractivity contribution < 1.29 is 19.1 Å². The number of benzene rings is 1. The molecule has 0 radical (unpaired) electrons. The van der Waals surface area contributed by atoms with Crippen molar-refractivity contribution in [3.8, 4) is 0 Å². The van der Waals surface area contributed by atoms with Crippen LogP contribution in [-0.2, 0) is 19.9 Å². The van der Waals surface area contributed by atoms with Crippen LogP contribution in [0.15, 0.2) is 30.5 Å². The van der Waals surface area contributed by atoms with E-state index in [0.29, 0.717) is 12.2 Å². The summed E-state index contributed by atoms with van der Waals surface area (Å²) in [7, 11) is 0. The molecular weight excluding hydrogens is 437 g/mol. The van der Waals surface area contributed by atoms with Gasteiger partial charge in [-0.25, -0.2) is 9.59 Å². The summed E-state index contributed by atoms with van der Waals surface area (Å²) in [4.78, 5) is 24.3. The number of ether oxygens (including phenoxy) is 2. The number of halogens is 1. The standard InChI is InChI=1S/C17H18IN3O4/c1-3-24-15(22)12-9-19-21-14(12)20-13-8-17(2,25-16(13)23)10-4-6-11(18)7-5-10/h4-7,9,13H,3,8H2,1-2H3,(H2,19,20,21). The number of carbonyl (C=O) groups excluding carboxylic acids is 2. The molecule has 0 saturated carbocycles. The second-order valence-electron chi connectivity index (χ2n) is 5.94. The average molecular weight is 455 g/mol. The Bertz CT molecular complexity index is 789. The molecule has 1 aliphatic heterocycles. The Morgan fingerprint density at radius 1 is 1.48 bits per heavy atom. The molecule has 132 valence electrons. The number of aromatic amines is 1. The minimum absolute atomic E-state index is 0.262. The number of cyclic esters (lactones) is 1. The molecule has 0 amide bonds. The second-order valence-corrected chi connectivity index (χ2v) is 7.18. The fourth-order valence-corrected chi connectivity index (χ4v) is 3.19. The molecule has 2 N–H and O–H groups in total. The van der Waals surface area contributed by atoms with Crippen molar-refractivity contribution in [1.82, 2.24) is 10.2 Å². The second kappa shape index (κ2) is 7.03. The normalized spacial score (nSPS) is 22.5. The smallest absolute Gasteiger partial charge is 0.343 e. The van der Waals surface area contributed by atoms with Crippen LogP contribution >= 0.6 is 22.6 Å². The first-order valence-corrected chi connectivity index (χ1v) is 8.97. The lowest BCUT2D eigenvalue weighted by Crippen LogP contribution is -2.26. The molecule has 2 heterocycles. The van der Waals surface area contributed by atoms with Crippen LogP contribution in [0.4, 0.5) is 5.82 Å². The van der Waals surface area contributed by atoms with E-state index in [1.807, 2.05) is 31.2 Å². The Morgan fingerprint density at radius 3 is 2.88 bits per heavy atom. The zero-order chi connectivity index (χ0) is 18.0. The molecule has 1 fully saturated rings. The lowest BCUT2D eigenvalue weighted by atomic mass is 9.91. The molecule has 1 saturated heterocycles. The van der Waals surface area contributed by atoms with Gasteiger partial charge >= 0.3 is 11.9 Å². The van der Waals surface area contributed by atoms with E-state index in [2.05, 4.69) is 38.1 Å². The minimum Gasteiger partial charge on any atom is -0.462 e. The quantitative estimate of drug-likeness (QED) is 0.532. The summed E-state index contributed by atoms with van der Waals surface area (Å²) in [6.07, 6.45) is 1.81. The van der Waals surface area contributed by atoms with E-state index in [4.69, 9.17) is 9.47 Å². The Balaban J connectivity index is 1.77. The van der Waals surface area contributed by atoms with Crippen LogP contribution in [0, 0.1) is 3.57 Å². The van der Waals surface area contributed by atoms with Crippen molar-refractivity contribution in [3.05, 3.63) is 45.2 Å². The Kier molecular flexibility index (Phi) is 4.98. The first-order valence-electron chi connectivity index (χ1n) is 7.89. The summed E-state index contributed by atoms with van der Waals surface area (Å²) in [6.45, 7) is 3.87. The summed E-state index contributed by atoms with van der Waals surface area (Å²) in [5.41, 5.74) is 0.474. The molecule has 1 aromatic heterocycles. The molecule has 2 atom stereocenters. The van der Waals surface area contributed by atoms with Gasteiger partial charge in [0.15, 0.2) is 0 Å². The summed E-state index contributed by atoms with van der Waals surface area (Å²) < 4.78 is 11.7. The van der Waals surface area contributed by atoms with Crippen molar-refractivity contribution >= 4 is 40.3 Å². The maximum atomic E-state index is 12.3. The lowest BCUT2D eigenvalue weighted by Gasteiger charge is -2.23. The summed E-state index contributed by atoms with van der Waals surface area (Å²) >= 11 is 2.23. The van der Waals surface area contributed by atoms with Crippen molar-refractivity contribution in [3.63, 3.8) is 0 Å². The molecule has 2 aromatic rings. The minimum atomic E-state index is -0.719. The Hall–Kier alpha value is -2.10. The number of carbonyl (C=O) groups is 2. The number of nitrogens with one attached hydrogen (secondary N) is 2. The van der Waals surface area contributed by atoms with Crippen LogP contribution in [-0.4, -0.2) is 34.8 Å². The maximum Gasteiger partial charge on any atom is 0.343 e. The van der Waals surface area contributed by atoms with Gasteiger partial charge in [0, 0.05) is 9.99 Å². The Labute approximate surface area is 158 Å². The third-order valence-electron chi connectivity index (χ3n) is 4.11. The molecule has 0 aliphatic carbocycles.